The predicted octanol–water partition coefficient (Wildman–Crippen LogP) is 6.03. The van der Waals surface area contributed by atoms with E-state index in [1.807, 2.05) is 23.8 Å². The van der Waals surface area contributed by atoms with E-state index < -0.39 is 10.0 Å². The molecule has 0 amide bonds. The number of thiophene rings is 1. The van der Waals surface area contributed by atoms with Gasteiger partial charge in [0.05, 0.1) is 45.6 Å². The first-order valence-electron chi connectivity index (χ1n) is 11.3. The summed E-state index contributed by atoms with van der Waals surface area (Å²) in [6.45, 7) is 3.52. The smallest absolute Gasteiger partial charge is 0.243 e. The third-order valence-electron chi connectivity index (χ3n) is 5.75. The van der Waals surface area contributed by atoms with Gasteiger partial charge in [-0.05, 0) is 66.4 Å². The Morgan fingerprint density at radius 2 is 1.78 bits per heavy atom. The van der Waals surface area contributed by atoms with E-state index in [1.54, 1.807) is 64.7 Å². The van der Waals surface area contributed by atoms with E-state index in [9.17, 15) is 8.42 Å². The van der Waals surface area contributed by atoms with E-state index >= 15 is 0 Å². The molecule has 192 valence electrons. The molecule has 1 aliphatic heterocycles. The second-order valence-corrected chi connectivity index (χ2v) is 12.7. The van der Waals surface area contributed by atoms with Crippen molar-refractivity contribution < 1.29 is 13.2 Å². The standard InChI is InChI=1S/C25H22Cl2N4O3S3/c1-17-8-13-35-24(17)15-28-31-23(21-14-18(26)2-7-22(21)27)16-36-25(31)29-19-3-5-20(6-4-19)37(32,33)30-9-11-34-12-10-30/h2-8,13-16H,9-12H2,1H3. The number of morpholine rings is 1. The molecule has 1 fully saturated rings. The van der Waals surface area contributed by atoms with Crippen LogP contribution in [0.5, 0.6) is 0 Å². The van der Waals surface area contributed by atoms with Crippen molar-refractivity contribution in [1.82, 2.24) is 8.98 Å². The third-order valence-corrected chi connectivity index (χ3v) is 10.00. The molecule has 1 aliphatic rings. The van der Waals surface area contributed by atoms with Gasteiger partial charge in [-0.25, -0.2) is 18.1 Å². The number of halogens is 2. The number of sulfonamides is 1. The number of ether oxygens (including phenoxy) is 1. The van der Waals surface area contributed by atoms with Crippen molar-refractivity contribution in [3.05, 3.63) is 84.6 Å². The van der Waals surface area contributed by atoms with Gasteiger partial charge in [0.2, 0.25) is 14.8 Å². The fourth-order valence-corrected chi connectivity index (χ4v) is 7.16. The molecule has 0 atom stereocenters. The average Bonchev–Trinajstić information content (AvgIpc) is 3.50. The zero-order chi connectivity index (χ0) is 26.0. The number of hydrogen-bond acceptors (Lipinski definition) is 7. The van der Waals surface area contributed by atoms with Crippen LogP contribution in [0, 0.1) is 6.92 Å². The van der Waals surface area contributed by atoms with E-state index in [0.717, 1.165) is 21.7 Å². The molecule has 37 heavy (non-hydrogen) atoms. The number of thiazole rings is 1. The molecule has 0 aliphatic carbocycles. The molecule has 4 aromatic rings. The Kier molecular flexibility index (Phi) is 7.96. The van der Waals surface area contributed by atoms with E-state index in [-0.39, 0.29) is 4.90 Å². The van der Waals surface area contributed by atoms with Crippen molar-refractivity contribution in [2.45, 2.75) is 11.8 Å². The highest BCUT2D eigenvalue weighted by Gasteiger charge is 2.26. The van der Waals surface area contributed by atoms with Crippen molar-refractivity contribution in [3.8, 4) is 11.3 Å². The normalized spacial score (nSPS) is 15.6. The Morgan fingerprint density at radius 3 is 2.49 bits per heavy atom. The first-order chi connectivity index (χ1) is 17.8. The van der Waals surface area contributed by atoms with Gasteiger partial charge >= 0.3 is 0 Å². The quantitative estimate of drug-likeness (QED) is 0.256. The zero-order valence-corrected chi connectivity index (χ0v) is 23.6. The fraction of sp³-hybridized carbons (Fsp3) is 0.200. The van der Waals surface area contributed by atoms with Gasteiger partial charge in [0.15, 0.2) is 0 Å². The number of benzene rings is 2. The molecule has 2 aromatic heterocycles. The van der Waals surface area contributed by atoms with Crippen LogP contribution in [0.1, 0.15) is 10.4 Å². The lowest BCUT2D eigenvalue weighted by Gasteiger charge is -2.26. The molecule has 0 unspecified atom stereocenters. The Hall–Kier alpha value is -2.31. The zero-order valence-electron chi connectivity index (χ0n) is 19.7. The third kappa shape index (κ3) is 5.75. The van der Waals surface area contributed by atoms with E-state index in [4.69, 9.17) is 38.0 Å². The van der Waals surface area contributed by atoms with Crippen LogP contribution in [0.25, 0.3) is 11.3 Å². The van der Waals surface area contributed by atoms with Crippen LogP contribution in [0.2, 0.25) is 10.0 Å². The first-order valence-corrected chi connectivity index (χ1v) is 15.3. The highest BCUT2D eigenvalue weighted by molar-refractivity contribution is 7.89. The van der Waals surface area contributed by atoms with Crippen LogP contribution in [0.3, 0.4) is 0 Å². The van der Waals surface area contributed by atoms with Crippen LogP contribution in [-0.4, -0.2) is 49.9 Å². The Morgan fingerprint density at radius 1 is 1.03 bits per heavy atom. The molecule has 2 aromatic carbocycles. The molecule has 3 heterocycles. The molecule has 12 heteroatoms. The lowest BCUT2D eigenvalue weighted by atomic mass is 10.2. The molecular formula is C25H22Cl2N4O3S3. The van der Waals surface area contributed by atoms with Crippen molar-refractivity contribution in [1.29, 1.82) is 0 Å². The summed E-state index contributed by atoms with van der Waals surface area (Å²) in [6, 6.07) is 13.9. The van der Waals surface area contributed by atoms with Gasteiger partial charge in [-0.3, -0.25) is 0 Å². The minimum atomic E-state index is -3.58. The second-order valence-electron chi connectivity index (χ2n) is 8.17. The topological polar surface area (TPSA) is 76.3 Å². The number of nitrogens with zero attached hydrogens (tertiary/aromatic N) is 4. The predicted molar refractivity (Wildman–Crippen MR) is 151 cm³/mol. The average molecular weight is 594 g/mol. The van der Waals surface area contributed by atoms with Crippen LogP contribution < -0.4 is 4.80 Å². The van der Waals surface area contributed by atoms with Gasteiger partial charge in [0.1, 0.15) is 0 Å². The lowest BCUT2D eigenvalue weighted by Crippen LogP contribution is -2.40. The maximum Gasteiger partial charge on any atom is 0.243 e. The number of rotatable bonds is 6. The summed E-state index contributed by atoms with van der Waals surface area (Å²) in [7, 11) is -3.58. The largest absolute Gasteiger partial charge is 0.379 e. The van der Waals surface area contributed by atoms with Crippen LogP contribution in [0.4, 0.5) is 5.69 Å². The van der Waals surface area contributed by atoms with E-state index in [1.165, 1.54) is 15.6 Å². The lowest BCUT2D eigenvalue weighted by molar-refractivity contribution is 0.0730. The summed E-state index contributed by atoms with van der Waals surface area (Å²) < 4.78 is 34.3. The summed E-state index contributed by atoms with van der Waals surface area (Å²) in [5, 5.41) is 9.78. The molecule has 1 saturated heterocycles. The molecule has 0 spiro atoms. The van der Waals surface area contributed by atoms with Crippen molar-refractivity contribution >= 4 is 67.8 Å². The highest BCUT2D eigenvalue weighted by Crippen LogP contribution is 2.31. The molecule has 5 rings (SSSR count). The maximum absolute atomic E-state index is 13.0. The van der Waals surface area contributed by atoms with Crippen molar-refractivity contribution in [2.75, 3.05) is 26.3 Å². The van der Waals surface area contributed by atoms with Gasteiger partial charge < -0.3 is 4.74 Å². The maximum atomic E-state index is 13.0. The Bertz CT molecular complexity index is 1620. The van der Waals surface area contributed by atoms with E-state index in [0.29, 0.717) is 46.8 Å². The minimum absolute atomic E-state index is 0.227. The first kappa shape index (κ1) is 26.3. The fourth-order valence-electron chi connectivity index (χ4n) is 3.73. The van der Waals surface area contributed by atoms with Crippen LogP contribution in [0.15, 0.2) is 74.3 Å². The molecule has 0 saturated carbocycles. The van der Waals surface area contributed by atoms with Crippen molar-refractivity contribution in [2.24, 2.45) is 10.1 Å². The molecule has 0 N–H and O–H groups in total. The number of aromatic nitrogens is 1. The molecule has 0 radical (unpaired) electrons. The summed E-state index contributed by atoms with van der Waals surface area (Å²) >= 11 is 15.8. The number of aryl methyl sites for hydroxylation is 1. The van der Waals surface area contributed by atoms with E-state index in [2.05, 4.69) is 0 Å². The van der Waals surface area contributed by atoms with Gasteiger partial charge in [0.25, 0.3) is 0 Å². The van der Waals surface area contributed by atoms with Crippen molar-refractivity contribution in [3.63, 3.8) is 0 Å². The summed E-state index contributed by atoms with van der Waals surface area (Å²) in [5.41, 5.74) is 3.21. The minimum Gasteiger partial charge on any atom is -0.379 e. The Labute approximate surface area is 232 Å². The number of hydrogen-bond donors (Lipinski definition) is 0. The summed E-state index contributed by atoms with van der Waals surface area (Å²) in [4.78, 5) is 6.62. The monoisotopic (exact) mass is 592 g/mol. The Balaban J connectivity index is 1.55. The molecular weight excluding hydrogens is 571 g/mol. The summed E-state index contributed by atoms with van der Waals surface area (Å²) in [5.74, 6) is 0. The SMILES string of the molecule is Cc1ccsc1C=Nn1c(-c2cc(Cl)ccc2Cl)csc1=Nc1ccc(S(=O)(=O)N2CCOCC2)cc1. The molecule has 0 bridgehead atoms. The summed E-state index contributed by atoms with van der Waals surface area (Å²) in [6.07, 6.45) is 1.80. The highest BCUT2D eigenvalue weighted by atomic mass is 35.5. The van der Waals surface area contributed by atoms with Gasteiger partial charge in [0, 0.05) is 29.1 Å². The van der Waals surface area contributed by atoms with Gasteiger partial charge in [-0.15, -0.1) is 22.7 Å². The van der Waals surface area contributed by atoms with Crippen LogP contribution >= 0.6 is 45.9 Å². The molecule has 7 nitrogen and oxygen atoms in total. The van der Waals surface area contributed by atoms with Gasteiger partial charge in [-0.2, -0.15) is 9.41 Å². The van der Waals surface area contributed by atoms with Crippen LogP contribution in [-0.2, 0) is 14.8 Å². The second kappa shape index (κ2) is 11.2. The van der Waals surface area contributed by atoms with Gasteiger partial charge in [-0.1, -0.05) is 23.2 Å².